The zero-order valence-corrected chi connectivity index (χ0v) is 12.5. The Morgan fingerprint density at radius 1 is 1.25 bits per heavy atom. The van der Waals surface area contributed by atoms with E-state index in [1.54, 1.807) is 13.3 Å². The van der Waals surface area contributed by atoms with E-state index in [2.05, 4.69) is 35.1 Å². The zero-order valence-electron chi connectivity index (χ0n) is 12.5. The Labute approximate surface area is 120 Å². The summed E-state index contributed by atoms with van der Waals surface area (Å²) in [5.41, 5.74) is 2.01. The predicted molar refractivity (Wildman–Crippen MR) is 84.6 cm³/mol. The summed E-state index contributed by atoms with van der Waals surface area (Å²) in [6, 6.07) is 8.06. The maximum absolute atomic E-state index is 5.45. The number of nitrogens with zero attached hydrogens (tertiary/aromatic N) is 2. The van der Waals surface area contributed by atoms with Crippen molar-refractivity contribution >= 4 is 16.6 Å². The summed E-state index contributed by atoms with van der Waals surface area (Å²) in [7, 11) is 1.70. The Bertz CT molecular complexity index is 552. The molecule has 0 aliphatic heterocycles. The molecule has 0 spiro atoms. The van der Waals surface area contributed by atoms with Crippen molar-refractivity contribution in [2.45, 2.75) is 13.8 Å². The molecular formula is C16H23N3O. The number of ether oxygens (including phenoxy) is 1. The van der Waals surface area contributed by atoms with E-state index in [1.165, 1.54) is 0 Å². The average molecular weight is 273 g/mol. The zero-order chi connectivity index (χ0) is 14.4. The second-order valence-electron chi connectivity index (χ2n) is 4.70. The summed E-state index contributed by atoms with van der Waals surface area (Å²) >= 11 is 0. The van der Waals surface area contributed by atoms with Gasteiger partial charge in [-0.25, -0.2) is 0 Å². The lowest BCUT2D eigenvalue weighted by Gasteiger charge is -2.18. The van der Waals surface area contributed by atoms with Crippen molar-refractivity contribution in [3.63, 3.8) is 0 Å². The van der Waals surface area contributed by atoms with Crippen molar-refractivity contribution < 1.29 is 4.74 Å². The van der Waals surface area contributed by atoms with E-state index >= 15 is 0 Å². The average Bonchev–Trinajstić information content (AvgIpc) is 2.50. The molecule has 20 heavy (non-hydrogen) atoms. The van der Waals surface area contributed by atoms with E-state index in [4.69, 9.17) is 4.74 Å². The third kappa shape index (κ3) is 3.39. The van der Waals surface area contributed by atoms with Crippen molar-refractivity contribution in [3.8, 4) is 5.75 Å². The van der Waals surface area contributed by atoms with Crippen molar-refractivity contribution in [1.82, 2.24) is 9.88 Å². The Kier molecular flexibility index (Phi) is 5.18. The lowest BCUT2D eigenvalue weighted by molar-refractivity contribution is 0.316. The van der Waals surface area contributed by atoms with E-state index in [0.29, 0.717) is 0 Å². The second-order valence-corrected chi connectivity index (χ2v) is 4.70. The maximum atomic E-state index is 5.45. The van der Waals surface area contributed by atoms with Gasteiger partial charge in [-0.15, -0.1) is 0 Å². The number of rotatable bonds is 7. The van der Waals surface area contributed by atoms with Crippen LogP contribution in [0.5, 0.6) is 5.75 Å². The van der Waals surface area contributed by atoms with Crippen LogP contribution in [-0.4, -0.2) is 43.2 Å². The standard InChI is InChI=1S/C16H23N3O/c1-4-19(5-2)10-9-17-13-11-15-14(7-6-8-18-15)16(12-13)20-3/h6-8,11-12,17H,4-5,9-10H2,1-3H3. The van der Waals surface area contributed by atoms with Crippen LogP contribution < -0.4 is 10.1 Å². The van der Waals surface area contributed by atoms with Crippen LogP contribution in [0, 0.1) is 0 Å². The molecule has 1 N–H and O–H groups in total. The van der Waals surface area contributed by atoms with E-state index < -0.39 is 0 Å². The molecular weight excluding hydrogens is 250 g/mol. The van der Waals surface area contributed by atoms with Crippen LogP contribution in [0.4, 0.5) is 5.69 Å². The number of hydrogen-bond donors (Lipinski definition) is 1. The normalized spacial score (nSPS) is 11.0. The molecule has 0 radical (unpaired) electrons. The van der Waals surface area contributed by atoms with Gasteiger partial charge in [-0.3, -0.25) is 4.98 Å². The Balaban J connectivity index is 2.10. The van der Waals surface area contributed by atoms with Crippen LogP contribution in [0.15, 0.2) is 30.5 Å². The number of anilines is 1. The number of nitrogens with one attached hydrogen (secondary N) is 1. The predicted octanol–water partition coefficient (Wildman–Crippen LogP) is 3.00. The highest BCUT2D eigenvalue weighted by Crippen LogP contribution is 2.28. The highest BCUT2D eigenvalue weighted by molar-refractivity contribution is 5.88. The molecule has 0 saturated heterocycles. The lowest BCUT2D eigenvalue weighted by atomic mass is 10.2. The Hall–Kier alpha value is -1.81. The highest BCUT2D eigenvalue weighted by atomic mass is 16.5. The minimum absolute atomic E-state index is 0.862. The highest BCUT2D eigenvalue weighted by Gasteiger charge is 2.05. The van der Waals surface area contributed by atoms with Gasteiger partial charge in [0.15, 0.2) is 0 Å². The SMILES string of the molecule is CCN(CC)CCNc1cc(OC)c2cccnc2c1. The van der Waals surface area contributed by atoms with Crippen LogP contribution in [0.1, 0.15) is 13.8 Å². The van der Waals surface area contributed by atoms with E-state index in [9.17, 15) is 0 Å². The fourth-order valence-electron chi connectivity index (χ4n) is 2.32. The molecule has 4 nitrogen and oxygen atoms in total. The second kappa shape index (κ2) is 7.10. The smallest absolute Gasteiger partial charge is 0.130 e. The van der Waals surface area contributed by atoms with Gasteiger partial charge in [-0.1, -0.05) is 13.8 Å². The van der Waals surface area contributed by atoms with Gasteiger partial charge in [0.25, 0.3) is 0 Å². The molecule has 2 aromatic rings. The summed E-state index contributed by atoms with van der Waals surface area (Å²) in [5, 5.41) is 4.49. The van der Waals surface area contributed by atoms with Crippen LogP contribution in [0.25, 0.3) is 10.9 Å². The van der Waals surface area contributed by atoms with Crippen LogP contribution in [0.3, 0.4) is 0 Å². The third-order valence-electron chi connectivity index (χ3n) is 3.55. The Morgan fingerprint density at radius 3 is 2.75 bits per heavy atom. The molecule has 1 aromatic carbocycles. The molecule has 1 aromatic heterocycles. The van der Waals surface area contributed by atoms with Crippen LogP contribution in [0.2, 0.25) is 0 Å². The van der Waals surface area contributed by atoms with Crippen molar-refractivity contribution in [2.75, 3.05) is 38.6 Å². The number of hydrogen-bond acceptors (Lipinski definition) is 4. The quantitative estimate of drug-likeness (QED) is 0.841. The van der Waals surface area contributed by atoms with Crippen LogP contribution >= 0.6 is 0 Å². The molecule has 0 fully saturated rings. The molecule has 0 atom stereocenters. The molecule has 0 bridgehead atoms. The first-order valence-corrected chi connectivity index (χ1v) is 7.17. The minimum atomic E-state index is 0.862. The van der Waals surface area contributed by atoms with Gasteiger partial charge in [-0.05, 0) is 31.3 Å². The van der Waals surface area contributed by atoms with Crippen molar-refractivity contribution in [1.29, 1.82) is 0 Å². The first-order valence-electron chi connectivity index (χ1n) is 7.17. The summed E-state index contributed by atoms with van der Waals surface area (Å²) in [5.74, 6) is 0.862. The minimum Gasteiger partial charge on any atom is -0.496 e. The monoisotopic (exact) mass is 273 g/mol. The number of likely N-dealkylation sites (N-methyl/N-ethyl adjacent to an activating group) is 1. The summed E-state index contributed by atoms with van der Waals surface area (Å²) < 4.78 is 5.45. The lowest BCUT2D eigenvalue weighted by Crippen LogP contribution is -2.28. The summed E-state index contributed by atoms with van der Waals surface area (Å²) in [4.78, 5) is 6.79. The van der Waals surface area contributed by atoms with Crippen molar-refractivity contribution in [2.24, 2.45) is 0 Å². The van der Waals surface area contributed by atoms with E-state index in [0.717, 1.165) is 48.5 Å². The van der Waals surface area contributed by atoms with Gasteiger partial charge >= 0.3 is 0 Å². The van der Waals surface area contributed by atoms with Gasteiger partial charge in [-0.2, -0.15) is 0 Å². The van der Waals surface area contributed by atoms with Crippen LogP contribution in [-0.2, 0) is 0 Å². The molecule has 0 amide bonds. The fraction of sp³-hybridized carbons (Fsp3) is 0.438. The number of aromatic nitrogens is 1. The van der Waals surface area contributed by atoms with Crippen molar-refractivity contribution in [3.05, 3.63) is 30.5 Å². The number of methoxy groups -OCH3 is 1. The molecule has 0 unspecified atom stereocenters. The van der Waals surface area contributed by atoms with E-state index in [1.807, 2.05) is 18.2 Å². The van der Waals surface area contributed by atoms with Gasteiger partial charge in [0.1, 0.15) is 5.75 Å². The number of benzene rings is 1. The topological polar surface area (TPSA) is 37.4 Å². The number of fused-ring (bicyclic) bond motifs is 1. The van der Waals surface area contributed by atoms with Gasteiger partial charge in [0, 0.05) is 36.4 Å². The molecule has 0 saturated carbocycles. The summed E-state index contributed by atoms with van der Waals surface area (Å²) in [6.07, 6.45) is 1.81. The fourth-order valence-corrected chi connectivity index (χ4v) is 2.32. The molecule has 108 valence electrons. The molecule has 2 rings (SSSR count). The van der Waals surface area contributed by atoms with Gasteiger partial charge < -0.3 is 15.0 Å². The third-order valence-corrected chi connectivity index (χ3v) is 3.55. The van der Waals surface area contributed by atoms with Gasteiger partial charge in [0.2, 0.25) is 0 Å². The molecule has 4 heteroatoms. The summed E-state index contributed by atoms with van der Waals surface area (Å²) in [6.45, 7) is 8.50. The molecule has 1 heterocycles. The van der Waals surface area contributed by atoms with E-state index in [-0.39, 0.29) is 0 Å². The van der Waals surface area contributed by atoms with Gasteiger partial charge in [0.05, 0.1) is 12.6 Å². The maximum Gasteiger partial charge on any atom is 0.130 e. The first-order chi connectivity index (χ1) is 9.78. The molecule has 0 aliphatic rings. The molecule has 0 aliphatic carbocycles. The number of pyridine rings is 1. The Morgan fingerprint density at radius 2 is 2.05 bits per heavy atom. The first kappa shape index (κ1) is 14.6. The largest absolute Gasteiger partial charge is 0.496 e.